The number of imide groups is 2. The van der Waals surface area contributed by atoms with Crippen LogP contribution in [0.25, 0.3) is 0 Å². The summed E-state index contributed by atoms with van der Waals surface area (Å²) in [5, 5.41) is 0. The Kier molecular flexibility index (Phi) is 9.06. The highest BCUT2D eigenvalue weighted by Gasteiger charge is 2.51. The van der Waals surface area contributed by atoms with Crippen molar-refractivity contribution in [3.8, 4) is 0 Å². The van der Waals surface area contributed by atoms with Gasteiger partial charge >= 0.3 is 0 Å². The molecule has 0 N–H and O–H groups in total. The molecule has 2 aliphatic heterocycles. The van der Waals surface area contributed by atoms with E-state index in [1.807, 2.05) is 0 Å². The second-order valence-electron chi connectivity index (χ2n) is 14.6. The van der Waals surface area contributed by atoms with Crippen LogP contribution >= 0.6 is 0 Å². The minimum Gasteiger partial charge on any atom is -0.377 e. The van der Waals surface area contributed by atoms with Crippen molar-refractivity contribution in [3.63, 3.8) is 0 Å². The lowest BCUT2D eigenvalue weighted by atomic mass is 9.62. The summed E-state index contributed by atoms with van der Waals surface area (Å²) in [6, 6.07) is -0.230. The van der Waals surface area contributed by atoms with Crippen molar-refractivity contribution in [1.29, 1.82) is 0 Å². The third-order valence-electron chi connectivity index (χ3n) is 10.1. The third-order valence-corrected chi connectivity index (χ3v) is 10.1. The Morgan fingerprint density at radius 2 is 1.23 bits per heavy atom. The number of amides is 4. The first-order valence-electron chi connectivity index (χ1n) is 16.0. The van der Waals surface area contributed by atoms with Crippen LogP contribution in [0.5, 0.6) is 0 Å². The first kappa shape index (κ1) is 29.7. The second kappa shape index (κ2) is 12.2. The first-order valence-corrected chi connectivity index (χ1v) is 16.0. The van der Waals surface area contributed by atoms with Crippen LogP contribution in [0, 0.1) is 22.7 Å². The normalized spacial score (nSPS) is 34.3. The number of rotatable bonds is 9. The van der Waals surface area contributed by atoms with E-state index in [4.69, 9.17) is 9.47 Å². The van der Waals surface area contributed by atoms with Crippen LogP contribution in [0.2, 0.25) is 0 Å². The van der Waals surface area contributed by atoms with Gasteiger partial charge in [0, 0.05) is 25.4 Å². The maximum atomic E-state index is 13.5. The summed E-state index contributed by atoms with van der Waals surface area (Å²) < 4.78 is 12.2. The van der Waals surface area contributed by atoms with Crippen molar-refractivity contribution in [1.82, 2.24) is 9.80 Å². The Labute approximate surface area is 239 Å². The summed E-state index contributed by atoms with van der Waals surface area (Å²) in [5.74, 6) is -1.29. The Bertz CT molecular complexity index is 968. The fraction of sp³-hybridized carbons (Fsp3) is 0.875. The average molecular weight is 559 g/mol. The SMILES string of the molecule is CC1(C)CC(N2C(=O)CC(COC3CCCCC3)C2=O)CC(C)(CN2C(=O)CC(COC3CCCCC3)C2=O)C1. The zero-order valence-electron chi connectivity index (χ0n) is 25.0. The fourth-order valence-corrected chi connectivity index (χ4v) is 8.51. The minimum absolute atomic E-state index is 0.111. The van der Waals surface area contributed by atoms with Crippen molar-refractivity contribution >= 4 is 23.6 Å². The second-order valence-corrected chi connectivity index (χ2v) is 14.6. The third kappa shape index (κ3) is 6.80. The summed E-state index contributed by atoms with van der Waals surface area (Å²) in [7, 11) is 0. The molecule has 3 saturated carbocycles. The van der Waals surface area contributed by atoms with E-state index < -0.39 is 11.8 Å². The van der Waals surface area contributed by atoms with E-state index in [0.717, 1.165) is 38.5 Å². The molecule has 0 bridgehead atoms. The molecule has 5 aliphatic rings. The van der Waals surface area contributed by atoms with Gasteiger partial charge < -0.3 is 9.47 Å². The van der Waals surface area contributed by atoms with Crippen molar-refractivity contribution < 1.29 is 28.7 Å². The summed E-state index contributed by atoms with van der Waals surface area (Å²) >= 11 is 0. The van der Waals surface area contributed by atoms with Gasteiger partial charge in [0.25, 0.3) is 0 Å². The van der Waals surface area contributed by atoms with E-state index in [2.05, 4.69) is 20.8 Å². The molecule has 0 radical (unpaired) electrons. The number of carbonyl (C=O) groups is 4. The smallest absolute Gasteiger partial charge is 0.235 e. The Morgan fingerprint density at radius 1 is 0.700 bits per heavy atom. The number of likely N-dealkylation sites (tertiary alicyclic amines) is 2. The minimum atomic E-state index is -0.405. The van der Waals surface area contributed by atoms with Gasteiger partial charge in [-0.1, -0.05) is 59.3 Å². The molecule has 8 nitrogen and oxygen atoms in total. The number of hydrogen-bond acceptors (Lipinski definition) is 6. The van der Waals surface area contributed by atoms with Crippen LogP contribution in [0.15, 0.2) is 0 Å². The molecule has 3 aliphatic carbocycles. The molecule has 4 amide bonds. The van der Waals surface area contributed by atoms with Gasteiger partial charge in [-0.05, 0) is 55.8 Å². The topological polar surface area (TPSA) is 93.2 Å². The number of hydrogen-bond donors (Lipinski definition) is 0. The molecule has 8 heteroatoms. The van der Waals surface area contributed by atoms with E-state index in [-0.39, 0.29) is 65.6 Å². The molecule has 0 spiro atoms. The largest absolute Gasteiger partial charge is 0.377 e. The van der Waals surface area contributed by atoms with Gasteiger partial charge in [0.2, 0.25) is 23.6 Å². The summed E-state index contributed by atoms with van der Waals surface area (Å²) in [4.78, 5) is 56.0. The molecule has 4 unspecified atom stereocenters. The zero-order chi connectivity index (χ0) is 28.5. The molecular formula is C32H50N2O6. The molecule has 5 fully saturated rings. The number of carbonyl (C=O) groups excluding carboxylic acids is 4. The highest BCUT2D eigenvalue weighted by molar-refractivity contribution is 6.04. The monoisotopic (exact) mass is 558 g/mol. The van der Waals surface area contributed by atoms with Crippen LogP contribution in [0.1, 0.15) is 117 Å². The summed E-state index contributed by atoms with van der Waals surface area (Å²) in [6.07, 6.45) is 14.3. The van der Waals surface area contributed by atoms with Crippen LogP contribution < -0.4 is 0 Å². The van der Waals surface area contributed by atoms with Crippen molar-refractivity contribution in [3.05, 3.63) is 0 Å². The highest BCUT2D eigenvalue weighted by atomic mass is 16.5. The Balaban J connectivity index is 1.20. The van der Waals surface area contributed by atoms with Crippen molar-refractivity contribution in [2.75, 3.05) is 19.8 Å². The van der Waals surface area contributed by atoms with Gasteiger partial charge in [0.15, 0.2) is 0 Å². The molecule has 40 heavy (non-hydrogen) atoms. The zero-order valence-corrected chi connectivity index (χ0v) is 25.0. The van der Waals surface area contributed by atoms with Crippen LogP contribution in [0.3, 0.4) is 0 Å². The van der Waals surface area contributed by atoms with Crippen molar-refractivity contribution in [2.45, 2.75) is 135 Å². The molecule has 2 saturated heterocycles. The van der Waals surface area contributed by atoms with Crippen molar-refractivity contribution in [2.24, 2.45) is 22.7 Å². The molecular weight excluding hydrogens is 508 g/mol. The Morgan fingerprint density at radius 3 is 1.80 bits per heavy atom. The van der Waals surface area contributed by atoms with E-state index >= 15 is 0 Å². The van der Waals surface area contributed by atoms with Gasteiger partial charge in [-0.15, -0.1) is 0 Å². The first-order chi connectivity index (χ1) is 19.0. The van der Waals surface area contributed by atoms with Gasteiger partial charge in [0.05, 0.1) is 37.3 Å². The molecule has 5 rings (SSSR count). The molecule has 0 aromatic rings. The average Bonchev–Trinajstić information content (AvgIpc) is 3.34. The van der Waals surface area contributed by atoms with E-state index in [1.165, 1.54) is 48.3 Å². The lowest BCUT2D eigenvalue weighted by Gasteiger charge is -2.49. The van der Waals surface area contributed by atoms with Crippen LogP contribution in [-0.2, 0) is 28.7 Å². The molecule has 0 aromatic carbocycles. The predicted octanol–water partition coefficient (Wildman–Crippen LogP) is 5.02. The number of nitrogens with zero attached hydrogens (tertiary/aromatic N) is 2. The quantitative estimate of drug-likeness (QED) is 0.369. The maximum Gasteiger partial charge on any atom is 0.235 e. The molecule has 2 heterocycles. The van der Waals surface area contributed by atoms with E-state index in [0.29, 0.717) is 26.2 Å². The van der Waals surface area contributed by atoms with Crippen LogP contribution in [-0.4, -0.2) is 71.4 Å². The lowest BCUT2D eigenvalue weighted by Crippen LogP contribution is -2.53. The molecule has 0 aromatic heterocycles. The molecule has 224 valence electrons. The Hall–Kier alpha value is -1.80. The summed E-state index contributed by atoms with van der Waals surface area (Å²) in [5.41, 5.74) is -0.516. The van der Waals surface area contributed by atoms with E-state index in [1.54, 1.807) is 0 Å². The van der Waals surface area contributed by atoms with Crippen LogP contribution in [0.4, 0.5) is 0 Å². The van der Waals surface area contributed by atoms with Gasteiger partial charge in [-0.3, -0.25) is 29.0 Å². The standard InChI is InChI=1S/C32H50N2O6/c1-31(2)16-24(34-28(36)15-23(30(34)38)19-40-26-12-8-5-9-13-26)17-32(3,20-31)21-33-27(35)14-22(29(33)37)18-39-25-10-6-4-7-11-25/h22-26H,4-21H2,1-3H3. The molecule has 4 atom stereocenters. The van der Waals surface area contributed by atoms with Gasteiger partial charge in [0.1, 0.15) is 0 Å². The van der Waals surface area contributed by atoms with E-state index in [9.17, 15) is 19.2 Å². The van der Waals surface area contributed by atoms with Gasteiger partial charge in [-0.2, -0.15) is 0 Å². The maximum absolute atomic E-state index is 13.5. The lowest BCUT2D eigenvalue weighted by molar-refractivity contribution is -0.150. The fourth-order valence-electron chi connectivity index (χ4n) is 8.51. The predicted molar refractivity (Wildman–Crippen MR) is 150 cm³/mol. The van der Waals surface area contributed by atoms with Gasteiger partial charge in [-0.25, -0.2) is 0 Å². The summed E-state index contributed by atoms with van der Waals surface area (Å²) in [6.45, 7) is 7.41. The highest BCUT2D eigenvalue weighted by Crippen LogP contribution is 2.49. The number of ether oxygens (including phenoxy) is 2.